The molecule has 0 radical (unpaired) electrons. The number of methoxy groups -OCH3 is 1. The molecule has 4 aromatic rings. The van der Waals surface area contributed by atoms with Crippen molar-refractivity contribution in [1.82, 2.24) is 24.6 Å². The maximum atomic E-state index is 5.74. The lowest BCUT2D eigenvalue weighted by molar-refractivity contribution is 0.199. The van der Waals surface area contributed by atoms with Gasteiger partial charge in [-0.05, 0) is 31.0 Å². The quantitative estimate of drug-likeness (QED) is 0.567. The summed E-state index contributed by atoms with van der Waals surface area (Å²) >= 11 is 0. The Bertz CT molecular complexity index is 1150. The molecule has 1 aliphatic heterocycles. The molecule has 0 spiro atoms. The summed E-state index contributed by atoms with van der Waals surface area (Å²) in [4.78, 5) is 6.26. The molecule has 1 N–H and O–H groups in total. The Morgan fingerprint density at radius 2 is 1.93 bits per heavy atom. The van der Waals surface area contributed by atoms with E-state index in [-0.39, 0.29) is 6.04 Å². The standard InChI is InChI=1S/C23H25N5O/c1-16-26-24-15-28(16)14-13-27-12-11-18-17-7-3-5-9-20(17)25-22(18)23(27)19-8-4-6-10-21(19)29-2/h3-10,15,23,25H,11-14H2,1-2H3/t23-/m0/s1. The van der Waals surface area contributed by atoms with Gasteiger partial charge in [0.25, 0.3) is 0 Å². The number of fused-ring (bicyclic) bond motifs is 3. The Labute approximate surface area is 170 Å². The molecule has 1 aliphatic rings. The van der Waals surface area contributed by atoms with Crippen molar-refractivity contribution in [2.24, 2.45) is 0 Å². The van der Waals surface area contributed by atoms with E-state index in [0.717, 1.165) is 37.6 Å². The zero-order chi connectivity index (χ0) is 19.8. The molecule has 6 heteroatoms. The molecule has 5 rings (SSSR count). The number of aromatic nitrogens is 4. The molecule has 0 fully saturated rings. The summed E-state index contributed by atoms with van der Waals surface area (Å²) in [5.41, 5.74) is 5.10. The highest BCUT2D eigenvalue weighted by Crippen LogP contribution is 2.41. The summed E-state index contributed by atoms with van der Waals surface area (Å²) < 4.78 is 7.85. The Kier molecular flexibility index (Phi) is 4.56. The molecule has 0 amide bonds. The van der Waals surface area contributed by atoms with E-state index in [1.54, 1.807) is 7.11 Å². The van der Waals surface area contributed by atoms with Crippen LogP contribution in [0.5, 0.6) is 5.75 Å². The SMILES string of the molecule is COc1ccccc1[C@H]1c2[nH]c3ccccc3c2CCN1CCn1cnnc1C. The van der Waals surface area contributed by atoms with Gasteiger partial charge in [-0.3, -0.25) is 4.90 Å². The largest absolute Gasteiger partial charge is 0.496 e. The number of para-hydroxylation sites is 2. The summed E-state index contributed by atoms with van der Waals surface area (Å²) in [5.74, 6) is 1.87. The van der Waals surface area contributed by atoms with Crippen molar-refractivity contribution in [1.29, 1.82) is 0 Å². The Morgan fingerprint density at radius 1 is 1.10 bits per heavy atom. The van der Waals surface area contributed by atoms with Gasteiger partial charge in [-0.15, -0.1) is 10.2 Å². The van der Waals surface area contributed by atoms with Crippen molar-refractivity contribution in [3.05, 3.63) is 77.5 Å². The van der Waals surface area contributed by atoms with Gasteiger partial charge in [0.15, 0.2) is 0 Å². The predicted molar refractivity (Wildman–Crippen MR) is 113 cm³/mol. The van der Waals surface area contributed by atoms with Crippen molar-refractivity contribution in [3.63, 3.8) is 0 Å². The molecule has 0 bridgehead atoms. The van der Waals surface area contributed by atoms with Crippen LogP contribution in [-0.2, 0) is 13.0 Å². The van der Waals surface area contributed by atoms with Gasteiger partial charge in [0.05, 0.1) is 13.2 Å². The van der Waals surface area contributed by atoms with Crippen molar-refractivity contribution in [3.8, 4) is 5.75 Å². The molecule has 6 nitrogen and oxygen atoms in total. The lowest BCUT2D eigenvalue weighted by Gasteiger charge is -2.36. The smallest absolute Gasteiger partial charge is 0.129 e. The second kappa shape index (κ2) is 7.37. The number of benzene rings is 2. The number of rotatable bonds is 5. The predicted octanol–water partition coefficient (Wildman–Crippen LogP) is 3.72. The molecule has 0 saturated carbocycles. The topological polar surface area (TPSA) is 59.0 Å². The van der Waals surface area contributed by atoms with Crippen molar-refractivity contribution in [2.75, 3.05) is 20.2 Å². The third-order valence-corrected chi connectivity index (χ3v) is 6.01. The van der Waals surface area contributed by atoms with E-state index in [1.165, 1.54) is 27.7 Å². The highest BCUT2D eigenvalue weighted by Gasteiger charge is 2.33. The van der Waals surface area contributed by atoms with Crippen molar-refractivity contribution >= 4 is 10.9 Å². The number of ether oxygens (including phenoxy) is 1. The average molecular weight is 387 g/mol. The summed E-state index contributed by atoms with van der Waals surface area (Å²) in [6.45, 7) is 4.77. The first-order valence-electron chi connectivity index (χ1n) is 10.1. The summed E-state index contributed by atoms with van der Waals surface area (Å²) in [6, 6.07) is 17.1. The van der Waals surface area contributed by atoms with Crippen LogP contribution in [0.25, 0.3) is 10.9 Å². The first-order chi connectivity index (χ1) is 14.3. The number of nitrogens with one attached hydrogen (secondary N) is 1. The van der Waals surface area contributed by atoms with E-state index in [9.17, 15) is 0 Å². The molecule has 3 heterocycles. The minimum absolute atomic E-state index is 0.124. The van der Waals surface area contributed by atoms with Crippen molar-refractivity contribution < 1.29 is 4.74 Å². The summed E-state index contributed by atoms with van der Waals surface area (Å²) in [7, 11) is 1.75. The van der Waals surface area contributed by atoms with Gasteiger partial charge < -0.3 is 14.3 Å². The van der Waals surface area contributed by atoms with Crippen LogP contribution >= 0.6 is 0 Å². The molecular formula is C23H25N5O. The van der Waals surface area contributed by atoms with Crippen LogP contribution in [0.2, 0.25) is 0 Å². The maximum absolute atomic E-state index is 5.74. The van der Waals surface area contributed by atoms with E-state index in [1.807, 2.05) is 25.4 Å². The minimum atomic E-state index is 0.124. The lowest BCUT2D eigenvalue weighted by Crippen LogP contribution is -2.38. The highest BCUT2D eigenvalue weighted by molar-refractivity contribution is 5.85. The van der Waals surface area contributed by atoms with Crippen LogP contribution in [0, 0.1) is 6.92 Å². The van der Waals surface area contributed by atoms with Crippen LogP contribution in [0.1, 0.15) is 28.7 Å². The van der Waals surface area contributed by atoms with Crippen molar-refractivity contribution in [2.45, 2.75) is 25.9 Å². The Morgan fingerprint density at radius 3 is 2.76 bits per heavy atom. The lowest BCUT2D eigenvalue weighted by atomic mass is 9.92. The fourth-order valence-electron chi connectivity index (χ4n) is 4.54. The average Bonchev–Trinajstić information content (AvgIpc) is 3.34. The van der Waals surface area contributed by atoms with E-state index in [4.69, 9.17) is 4.74 Å². The third-order valence-electron chi connectivity index (χ3n) is 6.01. The second-order valence-corrected chi connectivity index (χ2v) is 7.56. The molecule has 0 aliphatic carbocycles. The zero-order valence-corrected chi connectivity index (χ0v) is 16.8. The molecular weight excluding hydrogens is 362 g/mol. The molecule has 29 heavy (non-hydrogen) atoms. The molecule has 1 atom stereocenters. The second-order valence-electron chi connectivity index (χ2n) is 7.56. The monoisotopic (exact) mass is 387 g/mol. The maximum Gasteiger partial charge on any atom is 0.129 e. The van der Waals surface area contributed by atoms with Gasteiger partial charge in [0.1, 0.15) is 17.9 Å². The van der Waals surface area contributed by atoms with Gasteiger partial charge in [-0.1, -0.05) is 36.4 Å². The molecule has 0 saturated heterocycles. The third kappa shape index (κ3) is 3.09. The molecule has 0 unspecified atom stereocenters. The van der Waals surface area contributed by atoms with Crippen LogP contribution in [0.15, 0.2) is 54.9 Å². The van der Waals surface area contributed by atoms with E-state index >= 15 is 0 Å². The summed E-state index contributed by atoms with van der Waals surface area (Å²) in [6.07, 6.45) is 2.85. The number of aryl methyl sites for hydroxylation is 1. The Hall–Kier alpha value is -3.12. The van der Waals surface area contributed by atoms with Crippen LogP contribution in [0.4, 0.5) is 0 Å². The van der Waals surface area contributed by atoms with Crippen LogP contribution in [-0.4, -0.2) is 44.8 Å². The van der Waals surface area contributed by atoms with Gasteiger partial charge >= 0.3 is 0 Å². The summed E-state index contributed by atoms with van der Waals surface area (Å²) in [5, 5.41) is 9.47. The van der Waals surface area contributed by atoms with E-state index < -0.39 is 0 Å². The number of aromatic amines is 1. The van der Waals surface area contributed by atoms with Gasteiger partial charge in [0, 0.05) is 41.8 Å². The van der Waals surface area contributed by atoms with Gasteiger partial charge in [0.2, 0.25) is 0 Å². The fraction of sp³-hybridized carbons (Fsp3) is 0.304. The van der Waals surface area contributed by atoms with Crippen LogP contribution in [0.3, 0.4) is 0 Å². The number of H-pyrrole nitrogens is 1. The molecule has 148 valence electrons. The number of hydrogen-bond acceptors (Lipinski definition) is 4. The van der Waals surface area contributed by atoms with Crippen LogP contribution < -0.4 is 4.74 Å². The van der Waals surface area contributed by atoms with E-state index in [2.05, 4.69) is 61.0 Å². The molecule has 2 aromatic carbocycles. The normalized spacial score (nSPS) is 16.8. The van der Waals surface area contributed by atoms with Gasteiger partial charge in [-0.2, -0.15) is 0 Å². The Balaban J connectivity index is 1.58. The fourth-order valence-corrected chi connectivity index (χ4v) is 4.54. The number of hydrogen-bond donors (Lipinski definition) is 1. The number of nitrogens with zero attached hydrogens (tertiary/aromatic N) is 4. The molecule has 2 aromatic heterocycles. The first kappa shape index (κ1) is 17.9. The zero-order valence-electron chi connectivity index (χ0n) is 16.8. The first-order valence-corrected chi connectivity index (χ1v) is 10.1. The van der Waals surface area contributed by atoms with Gasteiger partial charge in [-0.25, -0.2) is 0 Å². The van der Waals surface area contributed by atoms with E-state index in [0.29, 0.717) is 0 Å². The highest BCUT2D eigenvalue weighted by atomic mass is 16.5. The minimum Gasteiger partial charge on any atom is -0.496 e.